The molecule has 34 heavy (non-hydrogen) atoms. The number of rotatable bonds is 10. The Labute approximate surface area is 201 Å². The second-order valence-electron chi connectivity index (χ2n) is 8.52. The van der Waals surface area contributed by atoms with E-state index < -0.39 is 0 Å². The molecule has 0 aliphatic carbocycles. The van der Waals surface area contributed by atoms with Crippen molar-refractivity contribution in [1.82, 2.24) is 15.1 Å². The van der Waals surface area contributed by atoms with Gasteiger partial charge in [-0.05, 0) is 56.7 Å². The average molecular weight is 470 g/mol. The quantitative estimate of drug-likeness (QED) is 0.576. The maximum Gasteiger partial charge on any atom is 0.258 e. The normalized spacial score (nSPS) is 14.1. The molecule has 1 aliphatic heterocycles. The molecule has 0 atom stereocenters. The molecule has 2 amide bonds. The molecule has 3 rings (SSSR count). The summed E-state index contributed by atoms with van der Waals surface area (Å²) in [5.74, 6) is 1.49. The molecule has 2 aromatic carbocycles. The molecule has 1 aliphatic rings. The summed E-state index contributed by atoms with van der Waals surface area (Å²) in [5.41, 5.74) is 1.77. The van der Waals surface area contributed by atoms with Gasteiger partial charge in [0.15, 0.2) is 18.1 Å². The Balaban J connectivity index is 1.53. The third kappa shape index (κ3) is 7.12. The average Bonchev–Trinajstić information content (AvgIpc) is 2.83. The van der Waals surface area contributed by atoms with E-state index in [0.717, 1.165) is 25.4 Å². The van der Waals surface area contributed by atoms with Crippen LogP contribution in [0.3, 0.4) is 0 Å². The van der Waals surface area contributed by atoms with Crippen LogP contribution in [-0.4, -0.2) is 74.2 Å². The molecule has 1 N–H and O–H groups in total. The number of carbonyl (C=O) groups is 2. The van der Waals surface area contributed by atoms with Crippen LogP contribution < -0.4 is 19.5 Å². The van der Waals surface area contributed by atoms with Crippen molar-refractivity contribution in [3.63, 3.8) is 0 Å². The van der Waals surface area contributed by atoms with E-state index in [9.17, 15) is 9.59 Å². The van der Waals surface area contributed by atoms with Crippen LogP contribution in [0.4, 0.5) is 0 Å². The van der Waals surface area contributed by atoms with Crippen LogP contribution in [0.15, 0.2) is 42.5 Å². The van der Waals surface area contributed by atoms with Gasteiger partial charge in [-0.3, -0.25) is 14.5 Å². The Kier molecular flexibility index (Phi) is 9.16. The fourth-order valence-corrected chi connectivity index (χ4v) is 3.83. The van der Waals surface area contributed by atoms with E-state index in [4.69, 9.17) is 14.2 Å². The van der Waals surface area contributed by atoms with Crippen LogP contribution in [0, 0.1) is 0 Å². The molecular formula is C26H35N3O5. The van der Waals surface area contributed by atoms with Crippen molar-refractivity contribution >= 4 is 11.8 Å². The first-order valence-electron chi connectivity index (χ1n) is 11.7. The van der Waals surface area contributed by atoms with Gasteiger partial charge in [0, 0.05) is 44.3 Å². The van der Waals surface area contributed by atoms with Gasteiger partial charge in [0.1, 0.15) is 5.75 Å². The van der Waals surface area contributed by atoms with E-state index in [0.29, 0.717) is 36.8 Å². The van der Waals surface area contributed by atoms with Crippen molar-refractivity contribution in [3.8, 4) is 17.2 Å². The van der Waals surface area contributed by atoms with Gasteiger partial charge >= 0.3 is 0 Å². The van der Waals surface area contributed by atoms with E-state index >= 15 is 0 Å². The SMILES string of the molecule is CCOc1ccc(CN2CCN(C(=O)c3ccc(OCC(=O)NC(C)C)c(OC)c3)CC2)cc1. The molecule has 1 fully saturated rings. The molecule has 184 valence electrons. The number of ether oxygens (including phenoxy) is 3. The summed E-state index contributed by atoms with van der Waals surface area (Å²) in [7, 11) is 1.52. The fraction of sp³-hybridized carbons (Fsp3) is 0.462. The molecule has 8 heteroatoms. The molecule has 0 saturated carbocycles. The van der Waals surface area contributed by atoms with Crippen molar-refractivity contribution in [2.45, 2.75) is 33.4 Å². The smallest absolute Gasteiger partial charge is 0.258 e. The van der Waals surface area contributed by atoms with Gasteiger partial charge in [-0.1, -0.05) is 12.1 Å². The highest BCUT2D eigenvalue weighted by atomic mass is 16.5. The van der Waals surface area contributed by atoms with Gasteiger partial charge in [0.2, 0.25) is 0 Å². The molecule has 8 nitrogen and oxygen atoms in total. The van der Waals surface area contributed by atoms with Crippen molar-refractivity contribution < 1.29 is 23.8 Å². The van der Waals surface area contributed by atoms with E-state index in [-0.39, 0.29) is 24.5 Å². The van der Waals surface area contributed by atoms with Crippen LogP contribution >= 0.6 is 0 Å². The number of nitrogens with zero attached hydrogens (tertiary/aromatic N) is 2. The monoisotopic (exact) mass is 469 g/mol. The summed E-state index contributed by atoms with van der Waals surface area (Å²) in [6.07, 6.45) is 0. The lowest BCUT2D eigenvalue weighted by Crippen LogP contribution is -2.48. The Morgan fingerprint density at radius 1 is 0.971 bits per heavy atom. The zero-order valence-electron chi connectivity index (χ0n) is 20.5. The van der Waals surface area contributed by atoms with Gasteiger partial charge in [-0.25, -0.2) is 0 Å². The number of methoxy groups -OCH3 is 1. The summed E-state index contributed by atoms with van der Waals surface area (Å²) in [4.78, 5) is 29.1. The van der Waals surface area contributed by atoms with E-state index in [2.05, 4.69) is 22.3 Å². The molecule has 0 bridgehead atoms. The van der Waals surface area contributed by atoms with Crippen molar-refractivity contribution in [2.24, 2.45) is 0 Å². The number of amides is 2. The molecular weight excluding hydrogens is 434 g/mol. The Morgan fingerprint density at radius 2 is 1.68 bits per heavy atom. The highest BCUT2D eigenvalue weighted by molar-refractivity contribution is 5.95. The van der Waals surface area contributed by atoms with Gasteiger partial charge in [0.25, 0.3) is 11.8 Å². The lowest BCUT2D eigenvalue weighted by molar-refractivity contribution is -0.123. The highest BCUT2D eigenvalue weighted by Crippen LogP contribution is 2.29. The first-order valence-corrected chi connectivity index (χ1v) is 11.7. The number of piperazine rings is 1. The third-order valence-electron chi connectivity index (χ3n) is 5.52. The van der Waals surface area contributed by atoms with Crippen molar-refractivity contribution in [3.05, 3.63) is 53.6 Å². The molecule has 2 aromatic rings. The molecule has 0 aromatic heterocycles. The summed E-state index contributed by atoms with van der Waals surface area (Å²) < 4.78 is 16.5. The Morgan fingerprint density at radius 3 is 2.29 bits per heavy atom. The maximum absolute atomic E-state index is 13.1. The summed E-state index contributed by atoms with van der Waals surface area (Å²) in [5, 5.41) is 2.77. The first kappa shape index (κ1) is 25.4. The number of hydrogen-bond donors (Lipinski definition) is 1. The predicted octanol–water partition coefficient (Wildman–Crippen LogP) is 2.96. The van der Waals surface area contributed by atoms with Crippen molar-refractivity contribution in [1.29, 1.82) is 0 Å². The second-order valence-corrected chi connectivity index (χ2v) is 8.52. The molecule has 1 heterocycles. The van der Waals surface area contributed by atoms with Crippen LogP contribution in [0.1, 0.15) is 36.7 Å². The zero-order chi connectivity index (χ0) is 24.5. The van der Waals surface area contributed by atoms with E-state index in [1.807, 2.05) is 37.8 Å². The topological polar surface area (TPSA) is 80.3 Å². The van der Waals surface area contributed by atoms with Crippen LogP contribution in [0.25, 0.3) is 0 Å². The second kappa shape index (κ2) is 12.3. The molecule has 1 saturated heterocycles. The molecule has 0 spiro atoms. The minimum Gasteiger partial charge on any atom is -0.494 e. The number of nitrogens with one attached hydrogen (secondary N) is 1. The number of hydrogen-bond acceptors (Lipinski definition) is 6. The zero-order valence-corrected chi connectivity index (χ0v) is 20.5. The van der Waals surface area contributed by atoms with E-state index in [1.165, 1.54) is 12.7 Å². The van der Waals surface area contributed by atoms with Gasteiger partial charge in [-0.2, -0.15) is 0 Å². The number of benzene rings is 2. The third-order valence-corrected chi connectivity index (χ3v) is 5.52. The molecule has 0 radical (unpaired) electrons. The lowest BCUT2D eigenvalue weighted by Gasteiger charge is -2.35. The van der Waals surface area contributed by atoms with Gasteiger partial charge < -0.3 is 24.4 Å². The lowest BCUT2D eigenvalue weighted by atomic mass is 10.1. The molecule has 0 unspecified atom stereocenters. The van der Waals surface area contributed by atoms with Gasteiger partial charge in [-0.15, -0.1) is 0 Å². The minimum atomic E-state index is -0.208. The van der Waals surface area contributed by atoms with Crippen molar-refractivity contribution in [2.75, 3.05) is 46.5 Å². The Bertz CT molecular complexity index is 953. The van der Waals surface area contributed by atoms with Crippen LogP contribution in [0.5, 0.6) is 17.2 Å². The first-order chi connectivity index (χ1) is 16.4. The Hall–Kier alpha value is -3.26. The summed E-state index contributed by atoms with van der Waals surface area (Å²) in [6.45, 7) is 10.1. The van der Waals surface area contributed by atoms with Crippen LogP contribution in [0.2, 0.25) is 0 Å². The highest BCUT2D eigenvalue weighted by Gasteiger charge is 2.23. The van der Waals surface area contributed by atoms with Crippen LogP contribution in [-0.2, 0) is 11.3 Å². The van der Waals surface area contributed by atoms with E-state index in [1.54, 1.807) is 18.2 Å². The summed E-state index contributed by atoms with van der Waals surface area (Å²) >= 11 is 0. The fourth-order valence-electron chi connectivity index (χ4n) is 3.83. The maximum atomic E-state index is 13.1. The standard InChI is InChI=1S/C26H35N3O5/c1-5-33-22-9-6-20(7-10-22)17-28-12-14-29(15-13-28)26(31)21-8-11-23(24(16-21)32-4)34-18-25(30)27-19(2)3/h6-11,16,19H,5,12-15,17-18H2,1-4H3,(H,27,30). The summed E-state index contributed by atoms with van der Waals surface area (Å²) in [6, 6.07) is 13.3. The minimum absolute atomic E-state index is 0.0388. The number of carbonyl (C=O) groups excluding carboxylic acids is 2. The predicted molar refractivity (Wildman–Crippen MR) is 131 cm³/mol. The largest absolute Gasteiger partial charge is 0.494 e. The van der Waals surface area contributed by atoms with Gasteiger partial charge in [0.05, 0.1) is 13.7 Å².